The van der Waals surface area contributed by atoms with E-state index in [1.807, 2.05) is 13.8 Å². The zero-order valence-corrected chi connectivity index (χ0v) is 13.8. The molecular formula is C17H25NO4. The smallest absolute Gasteiger partial charge is 0.338 e. The number of amides is 1. The number of carbonyl (C=O) groups is 2. The normalized spacial score (nSPS) is 10.2. The van der Waals surface area contributed by atoms with Crippen LogP contribution in [0.15, 0.2) is 18.2 Å². The van der Waals surface area contributed by atoms with Crippen LogP contribution < -0.4 is 4.74 Å². The molecule has 5 nitrogen and oxygen atoms in total. The number of hydrogen-bond acceptors (Lipinski definition) is 4. The van der Waals surface area contributed by atoms with Gasteiger partial charge in [-0.15, -0.1) is 0 Å². The zero-order chi connectivity index (χ0) is 16.5. The van der Waals surface area contributed by atoms with Crippen molar-refractivity contribution in [2.75, 3.05) is 20.3 Å². The quantitative estimate of drug-likeness (QED) is 0.547. The van der Waals surface area contributed by atoms with E-state index in [9.17, 15) is 9.59 Å². The zero-order valence-electron chi connectivity index (χ0n) is 13.8. The third-order valence-corrected chi connectivity index (χ3v) is 3.44. The van der Waals surface area contributed by atoms with Crippen LogP contribution in [-0.2, 0) is 16.1 Å². The van der Waals surface area contributed by atoms with Crippen molar-refractivity contribution in [3.8, 4) is 5.75 Å². The second-order valence-corrected chi connectivity index (χ2v) is 5.05. The molecule has 5 heteroatoms. The fourth-order valence-corrected chi connectivity index (χ4v) is 2.07. The van der Waals surface area contributed by atoms with Crippen LogP contribution in [0.5, 0.6) is 5.75 Å². The van der Waals surface area contributed by atoms with Crippen LogP contribution in [0.4, 0.5) is 0 Å². The molecule has 0 bridgehead atoms. The molecule has 1 aromatic rings. The Morgan fingerprint density at radius 1 is 1.23 bits per heavy atom. The maximum atomic E-state index is 12.0. The lowest BCUT2D eigenvalue weighted by molar-refractivity contribution is -0.129. The molecule has 1 amide bonds. The molecule has 0 N–H and O–H groups in total. The van der Waals surface area contributed by atoms with Crippen LogP contribution in [-0.4, -0.2) is 37.0 Å². The number of methoxy groups -OCH3 is 1. The van der Waals surface area contributed by atoms with Crippen molar-refractivity contribution in [3.05, 3.63) is 29.3 Å². The van der Waals surface area contributed by atoms with Gasteiger partial charge in [0.1, 0.15) is 5.75 Å². The maximum absolute atomic E-state index is 12.0. The Kier molecular flexibility index (Phi) is 7.43. The molecule has 1 rings (SSSR count). The van der Waals surface area contributed by atoms with E-state index in [0.29, 0.717) is 31.0 Å². The summed E-state index contributed by atoms with van der Waals surface area (Å²) in [5.41, 5.74) is 1.27. The first-order chi connectivity index (χ1) is 10.5. The molecule has 22 heavy (non-hydrogen) atoms. The molecule has 0 heterocycles. The first-order valence-electron chi connectivity index (χ1n) is 7.63. The second kappa shape index (κ2) is 9.07. The Hall–Kier alpha value is -2.04. The van der Waals surface area contributed by atoms with Gasteiger partial charge in [-0.05, 0) is 31.5 Å². The van der Waals surface area contributed by atoms with Crippen molar-refractivity contribution in [1.82, 2.24) is 4.90 Å². The Bertz CT molecular complexity index is 513. The summed E-state index contributed by atoms with van der Waals surface area (Å²) < 4.78 is 10.5. The third kappa shape index (κ3) is 5.06. The lowest BCUT2D eigenvalue weighted by Crippen LogP contribution is -2.28. The number of rotatable bonds is 8. The lowest BCUT2D eigenvalue weighted by Gasteiger charge is -2.20. The SMILES string of the molecule is CCCCOC(=O)c1ccc(OC)c(CN(CC)C(C)=O)c1. The summed E-state index contributed by atoms with van der Waals surface area (Å²) in [7, 11) is 1.57. The molecule has 0 fully saturated rings. The maximum Gasteiger partial charge on any atom is 0.338 e. The van der Waals surface area contributed by atoms with Crippen LogP contribution in [0.1, 0.15) is 49.5 Å². The van der Waals surface area contributed by atoms with E-state index in [0.717, 1.165) is 18.4 Å². The van der Waals surface area contributed by atoms with Crippen LogP contribution in [0.25, 0.3) is 0 Å². The number of ether oxygens (including phenoxy) is 2. The van der Waals surface area contributed by atoms with Gasteiger partial charge in [-0.25, -0.2) is 4.79 Å². The lowest BCUT2D eigenvalue weighted by atomic mass is 10.1. The highest BCUT2D eigenvalue weighted by molar-refractivity contribution is 5.90. The minimum Gasteiger partial charge on any atom is -0.496 e. The summed E-state index contributed by atoms with van der Waals surface area (Å²) in [5, 5.41) is 0. The van der Waals surface area contributed by atoms with E-state index in [1.165, 1.54) is 6.92 Å². The molecule has 0 spiro atoms. The molecule has 0 aliphatic carbocycles. The Morgan fingerprint density at radius 2 is 1.95 bits per heavy atom. The molecule has 0 saturated carbocycles. The van der Waals surface area contributed by atoms with Crippen molar-refractivity contribution < 1.29 is 19.1 Å². The van der Waals surface area contributed by atoms with Gasteiger partial charge >= 0.3 is 5.97 Å². The largest absolute Gasteiger partial charge is 0.496 e. The average Bonchev–Trinajstić information content (AvgIpc) is 2.52. The standard InChI is InChI=1S/C17H25NO4/c1-5-7-10-22-17(20)14-8-9-16(21-4)15(11-14)12-18(6-2)13(3)19/h8-9,11H,5-7,10,12H2,1-4H3. The summed E-state index contributed by atoms with van der Waals surface area (Å²) in [6.45, 7) is 6.91. The van der Waals surface area contributed by atoms with Gasteiger partial charge in [-0.3, -0.25) is 4.79 Å². The van der Waals surface area contributed by atoms with E-state index >= 15 is 0 Å². The molecule has 0 aliphatic rings. The van der Waals surface area contributed by atoms with Gasteiger partial charge in [0.05, 0.1) is 19.3 Å². The van der Waals surface area contributed by atoms with Gasteiger partial charge in [0.2, 0.25) is 5.91 Å². The fourth-order valence-electron chi connectivity index (χ4n) is 2.07. The molecule has 0 aromatic heterocycles. The summed E-state index contributed by atoms with van der Waals surface area (Å²) in [5.74, 6) is 0.300. The van der Waals surface area contributed by atoms with Crippen LogP contribution in [0, 0.1) is 0 Å². The van der Waals surface area contributed by atoms with Crippen LogP contribution in [0.2, 0.25) is 0 Å². The number of unbranched alkanes of at least 4 members (excludes halogenated alkanes) is 1. The summed E-state index contributed by atoms with van der Waals surface area (Å²) in [6.07, 6.45) is 1.83. The number of hydrogen-bond donors (Lipinski definition) is 0. The molecule has 0 radical (unpaired) electrons. The Labute approximate surface area is 132 Å². The van der Waals surface area contributed by atoms with E-state index < -0.39 is 0 Å². The highest BCUT2D eigenvalue weighted by Gasteiger charge is 2.15. The van der Waals surface area contributed by atoms with E-state index in [4.69, 9.17) is 9.47 Å². The van der Waals surface area contributed by atoms with E-state index in [-0.39, 0.29) is 11.9 Å². The average molecular weight is 307 g/mol. The van der Waals surface area contributed by atoms with Crippen molar-refractivity contribution in [3.63, 3.8) is 0 Å². The first-order valence-corrected chi connectivity index (χ1v) is 7.63. The molecule has 0 aliphatic heterocycles. The van der Waals surface area contributed by atoms with Crippen molar-refractivity contribution in [2.24, 2.45) is 0 Å². The number of nitrogens with zero attached hydrogens (tertiary/aromatic N) is 1. The fraction of sp³-hybridized carbons (Fsp3) is 0.529. The summed E-state index contributed by atoms with van der Waals surface area (Å²) >= 11 is 0. The van der Waals surface area contributed by atoms with Gasteiger partial charge in [0.15, 0.2) is 0 Å². The number of esters is 1. The van der Waals surface area contributed by atoms with Gasteiger partial charge < -0.3 is 14.4 Å². The van der Waals surface area contributed by atoms with Crippen LogP contribution >= 0.6 is 0 Å². The summed E-state index contributed by atoms with van der Waals surface area (Å²) in [4.78, 5) is 25.3. The van der Waals surface area contributed by atoms with Gasteiger partial charge in [-0.1, -0.05) is 13.3 Å². The van der Waals surface area contributed by atoms with Crippen molar-refractivity contribution in [1.29, 1.82) is 0 Å². The topological polar surface area (TPSA) is 55.8 Å². The number of carbonyl (C=O) groups excluding carboxylic acids is 2. The minimum absolute atomic E-state index is 0.0134. The predicted octanol–water partition coefficient (Wildman–Crippen LogP) is 3.02. The highest BCUT2D eigenvalue weighted by atomic mass is 16.5. The van der Waals surface area contributed by atoms with Crippen LogP contribution in [0.3, 0.4) is 0 Å². The van der Waals surface area contributed by atoms with Gasteiger partial charge in [0, 0.05) is 25.6 Å². The van der Waals surface area contributed by atoms with Crippen molar-refractivity contribution in [2.45, 2.75) is 40.2 Å². The summed E-state index contributed by atoms with van der Waals surface area (Å²) in [6, 6.07) is 5.15. The first kappa shape index (κ1) is 18.0. The highest BCUT2D eigenvalue weighted by Crippen LogP contribution is 2.22. The second-order valence-electron chi connectivity index (χ2n) is 5.05. The number of benzene rings is 1. The molecule has 122 valence electrons. The molecule has 1 aromatic carbocycles. The molecule has 0 saturated heterocycles. The molecule has 0 unspecified atom stereocenters. The molecule has 0 atom stereocenters. The Morgan fingerprint density at radius 3 is 2.50 bits per heavy atom. The van der Waals surface area contributed by atoms with Gasteiger partial charge in [0.25, 0.3) is 0 Å². The predicted molar refractivity (Wildman–Crippen MR) is 84.9 cm³/mol. The van der Waals surface area contributed by atoms with Crippen molar-refractivity contribution >= 4 is 11.9 Å². The monoisotopic (exact) mass is 307 g/mol. The van der Waals surface area contributed by atoms with E-state index in [1.54, 1.807) is 30.2 Å². The van der Waals surface area contributed by atoms with E-state index in [2.05, 4.69) is 0 Å². The minimum atomic E-state index is -0.344. The Balaban J connectivity index is 2.92. The van der Waals surface area contributed by atoms with Gasteiger partial charge in [-0.2, -0.15) is 0 Å². The molecular weight excluding hydrogens is 282 g/mol. The third-order valence-electron chi connectivity index (χ3n) is 3.44.